The summed E-state index contributed by atoms with van der Waals surface area (Å²) in [5.74, 6) is 0.272. The molecule has 7 nitrogen and oxygen atoms in total. The summed E-state index contributed by atoms with van der Waals surface area (Å²) in [7, 11) is 1.50. The van der Waals surface area contributed by atoms with Crippen molar-refractivity contribution in [3.8, 4) is 5.75 Å². The predicted molar refractivity (Wildman–Crippen MR) is 126 cm³/mol. The lowest BCUT2D eigenvalue weighted by atomic mass is 10.2. The number of amides is 2. The van der Waals surface area contributed by atoms with Gasteiger partial charge in [0.15, 0.2) is 0 Å². The predicted octanol–water partition coefficient (Wildman–Crippen LogP) is 5.25. The van der Waals surface area contributed by atoms with Crippen LogP contribution in [0.2, 0.25) is 0 Å². The zero-order chi connectivity index (χ0) is 22.4. The molecular weight excluding hydrogens is 465 g/mol. The van der Waals surface area contributed by atoms with Crippen molar-refractivity contribution < 1.29 is 13.9 Å². The number of hydrogen-bond acceptors (Lipinski definition) is 3. The maximum atomic E-state index is 14.5. The minimum absolute atomic E-state index is 0.0828. The fourth-order valence-electron chi connectivity index (χ4n) is 3.01. The quantitative estimate of drug-likeness (QED) is 0.315. The molecular formula is C22H21BrFN5O2. The van der Waals surface area contributed by atoms with Crippen LogP contribution in [0.3, 0.4) is 0 Å². The van der Waals surface area contributed by atoms with E-state index in [9.17, 15) is 9.18 Å². The van der Waals surface area contributed by atoms with Crippen LogP contribution in [0.15, 0.2) is 77.0 Å². The summed E-state index contributed by atoms with van der Waals surface area (Å²) in [6.45, 7) is 3.98. The van der Waals surface area contributed by atoms with Gasteiger partial charge in [0.2, 0.25) is 0 Å². The van der Waals surface area contributed by atoms with Crippen LogP contribution in [0.1, 0.15) is 0 Å². The van der Waals surface area contributed by atoms with E-state index >= 15 is 0 Å². The average molecular weight is 486 g/mol. The second kappa shape index (κ2) is 9.94. The SMILES string of the molecule is C=CN=C(N)/C=C/Cn1ccc2c(NC(=O)Nc3cc(Br)ccc3OC)c(F)ccc21. The van der Waals surface area contributed by atoms with Gasteiger partial charge in [-0.15, -0.1) is 0 Å². The third-order valence-electron chi connectivity index (χ3n) is 4.38. The Morgan fingerprint density at radius 3 is 2.87 bits per heavy atom. The van der Waals surface area contributed by atoms with Crippen molar-refractivity contribution in [2.75, 3.05) is 17.7 Å². The molecule has 1 heterocycles. The van der Waals surface area contributed by atoms with Crippen LogP contribution in [0, 0.1) is 5.82 Å². The Bertz CT molecular complexity index is 1190. The molecule has 0 fully saturated rings. The Morgan fingerprint density at radius 2 is 2.13 bits per heavy atom. The molecule has 4 N–H and O–H groups in total. The highest BCUT2D eigenvalue weighted by atomic mass is 79.9. The number of carbonyl (C=O) groups excluding carboxylic acids is 1. The fraction of sp³-hybridized carbons (Fsp3) is 0.0909. The molecule has 0 aliphatic rings. The van der Waals surface area contributed by atoms with E-state index in [1.54, 1.807) is 42.6 Å². The number of ether oxygens (including phenoxy) is 1. The number of nitrogens with two attached hydrogens (primary N) is 1. The molecule has 0 saturated heterocycles. The summed E-state index contributed by atoms with van der Waals surface area (Å²) in [6, 6.07) is 9.30. The number of aliphatic imine (C=N–C) groups is 1. The van der Waals surface area contributed by atoms with Gasteiger partial charge >= 0.3 is 6.03 Å². The molecule has 2 amide bonds. The fourth-order valence-corrected chi connectivity index (χ4v) is 3.37. The van der Waals surface area contributed by atoms with Gasteiger partial charge in [0.25, 0.3) is 0 Å². The van der Waals surface area contributed by atoms with Gasteiger partial charge in [0.1, 0.15) is 17.4 Å². The molecule has 3 aromatic rings. The highest BCUT2D eigenvalue weighted by molar-refractivity contribution is 9.10. The van der Waals surface area contributed by atoms with Crippen molar-refractivity contribution in [3.05, 3.63) is 77.8 Å². The van der Waals surface area contributed by atoms with Gasteiger partial charge in [-0.3, -0.25) is 0 Å². The molecule has 0 unspecified atom stereocenters. The first-order valence-corrected chi connectivity index (χ1v) is 10.0. The number of amidine groups is 1. The van der Waals surface area contributed by atoms with Crippen LogP contribution in [-0.2, 0) is 6.54 Å². The standard InChI is InChI=1S/C22H21BrFN5O2/c1-3-26-20(25)5-4-11-29-12-10-15-18(29)8-7-16(24)21(15)28-22(30)27-17-13-14(23)6-9-19(17)31-2/h3-10,12-13H,1,11H2,2H3,(H2,25,26)(H2,27,28,30)/b5-4+. The smallest absolute Gasteiger partial charge is 0.323 e. The molecule has 0 aliphatic heterocycles. The zero-order valence-corrected chi connectivity index (χ0v) is 18.3. The molecule has 0 aliphatic carbocycles. The van der Waals surface area contributed by atoms with Gasteiger partial charge in [-0.25, -0.2) is 14.2 Å². The molecule has 0 radical (unpaired) electrons. The van der Waals surface area contributed by atoms with E-state index in [1.165, 1.54) is 19.4 Å². The number of anilines is 2. The maximum Gasteiger partial charge on any atom is 0.323 e. The zero-order valence-electron chi connectivity index (χ0n) is 16.7. The van der Waals surface area contributed by atoms with Crippen LogP contribution in [0.4, 0.5) is 20.6 Å². The first kappa shape index (κ1) is 22.1. The van der Waals surface area contributed by atoms with Gasteiger partial charge in [0.05, 0.1) is 24.0 Å². The summed E-state index contributed by atoms with van der Waals surface area (Å²) in [4.78, 5) is 16.4. The van der Waals surface area contributed by atoms with Gasteiger partial charge < -0.3 is 25.7 Å². The van der Waals surface area contributed by atoms with Crippen LogP contribution in [0.5, 0.6) is 5.75 Å². The summed E-state index contributed by atoms with van der Waals surface area (Å²) in [5.41, 5.74) is 6.98. The largest absolute Gasteiger partial charge is 0.495 e. The number of nitrogens with one attached hydrogen (secondary N) is 2. The minimum atomic E-state index is -0.594. The van der Waals surface area contributed by atoms with Crippen LogP contribution in [0.25, 0.3) is 10.9 Å². The Balaban J connectivity index is 1.82. The molecule has 2 aromatic carbocycles. The van der Waals surface area contributed by atoms with Gasteiger partial charge in [-0.1, -0.05) is 28.6 Å². The molecule has 9 heteroatoms. The number of methoxy groups -OCH3 is 1. The van der Waals surface area contributed by atoms with Crippen molar-refractivity contribution in [2.45, 2.75) is 6.54 Å². The lowest BCUT2D eigenvalue weighted by molar-refractivity contribution is 0.262. The van der Waals surface area contributed by atoms with Gasteiger partial charge in [0, 0.05) is 28.8 Å². The number of aromatic nitrogens is 1. The highest BCUT2D eigenvalue weighted by Gasteiger charge is 2.15. The average Bonchev–Trinajstić information content (AvgIpc) is 3.14. The van der Waals surface area contributed by atoms with Crippen molar-refractivity contribution in [2.24, 2.45) is 10.7 Å². The Hall–Kier alpha value is -3.59. The van der Waals surface area contributed by atoms with Crippen molar-refractivity contribution >= 4 is 50.1 Å². The van der Waals surface area contributed by atoms with E-state index in [1.807, 2.05) is 10.6 Å². The lowest BCUT2D eigenvalue weighted by Gasteiger charge is -2.13. The maximum absolute atomic E-state index is 14.5. The number of fused-ring (bicyclic) bond motifs is 1. The third-order valence-corrected chi connectivity index (χ3v) is 4.87. The topological polar surface area (TPSA) is 93.7 Å². The van der Waals surface area contributed by atoms with E-state index in [2.05, 4.69) is 38.1 Å². The van der Waals surface area contributed by atoms with Crippen LogP contribution in [-0.4, -0.2) is 23.5 Å². The van der Waals surface area contributed by atoms with Crippen LogP contribution < -0.4 is 21.1 Å². The van der Waals surface area contributed by atoms with E-state index in [4.69, 9.17) is 10.5 Å². The van der Waals surface area contributed by atoms with Gasteiger partial charge in [-0.2, -0.15) is 0 Å². The monoisotopic (exact) mass is 485 g/mol. The normalized spacial score (nSPS) is 11.6. The molecule has 31 heavy (non-hydrogen) atoms. The number of hydrogen-bond donors (Lipinski definition) is 3. The van der Waals surface area contributed by atoms with E-state index in [-0.39, 0.29) is 5.69 Å². The van der Waals surface area contributed by atoms with E-state index < -0.39 is 11.8 Å². The number of rotatable bonds is 7. The van der Waals surface area contributed by atoms with Crippen molar-refractivity contribution in [3.63, 3.8) is 0 Å². The first-order valence-electron chi connectivity index (χ1n) is 9.22. The highest BCUT2D eigenvalue weighted by Crippen LogP contribution is 2.30. The van der Waals surface area contributed by atoms with Crippen molar-refractivity contribution in [1.29, 1.82) is 0 Å². The second-order valence-electron chi connectivity index (χ2n) is 6.39. The third kappa shape index (κ3) is 5.32. The number of allylic oxidation sites excluding steroid dienone is 1. The molecule has 0 atom stereocenters. The number of halogens is 2. The first-order chi connectivity index (χ1) is 14.9. The molecule has 1 aromatic heterocycles. The minimum Gasteiger partial charge on any atom is -0.495 e. The Kier molecular flexibility index (Phi) is 7.09. The summed E-state index contributed by atoms with van der Waals surface area (Å²) in [6.07, 6.45) is 6.65. The lowest BCUT2D eigenvalue weighted by Crippen LogP contribution is -2.20. The summed E-state index contributed by atoms with van der Waals surface area (Å²) >= 11 is 3.35. The van der Waals surface area contributed by atoms with E-state index in [0.717, 1.165) is 9.99 Å². The Labute approximate surface area is 187 Å². The molecule has 160 valence electrons. The summed E-state index contributed by atoms with van der Waals surface area (Å²) < 4.78 is 22.4. The molecule has 0 bridgehead atoms. The van der Waals surface area contributed by atoms with E-state index in [0.29, 0.717) is 29.2 Å². The number of benzene rings is 2. The second-order valence-corrected chi connectivity index (χ2v) is 7.30. The Morgan fingerprint density at radius 1 is 1.32 bits per heavy atom. The van der Waals surface area contributed by atoms with Crippen LogP contribution >= 0.6 is 15.9 Å². The number of carbonyl (C=O) groups is 1. The molecule has 0 saturated carbocycles. The number of urea groups is 1. The number of nitrogens with zero attached hydrogens (tertiary/aromatic N) is 2. The molecule has 3 rings (SSSR count). The summed E-state index contributed by atoms with van der Waals surface area (Å²) in [5, 5.41) is 5.85. The van der Waals surface area contributed by atoms with Gasteiger partial charge in [-0.05, 0) is 42.5 Å². The molecule has 0 spiro atoms. The van der Waals surface area contributed by atoms with Crippen molar-refractivity contribution in [1.82, 2.24) is 4.57 Å².